The molecule has 0 radical (unpaired) electrons. The minimum Gasteiger partial charge on any atom is -0.480 e. The third-order valence-corrected chi connectivity index (χ3v) is 3.48. The smallest absolute Gasteiger partial charge is 0.326 e. The number of hydrogen-bond donors (Lipinski definition) is 3. The zero-order chi connectivity index (χ0) is 14.7. The van der Waals surface area contributed by atoms with Crippen LogP contribution in [0.15, 0.2) is 0 Å². The van der Waals surface area contributed by atoms with Gasteiger partial charge in [0.05, 0.1) is 0 Å². The number of carbonyl (C=O) groups is 2. The molecule has 0 saturated carbocycles. The van der Waals surface area contributed by atoms with Crippen LogP contribution in [0.2, 0.25) is 0 Å². The van der Waals surface area contributed by atoms with Gasteiger partial charge in [0.1, 0.15) is 6.04 Å². The largest absolute Gasteiger partial charge is 0.480 e. The SMILES string of the molecule is CCCCCC(C)NC(=O)N[C@@H](CCSC)C(=O)O. The highest BCUT2D eigenvalue weighted by Crippen LogP contribution is 2.03. The number of rotatable bonds is 10. The lowest BCUT2D eigenvalue weighted by atomic mass is 10.1. The topological polar surface area (TPSA) is 78.4 Å². The first-order valence-electron chi connectivity index (χ1n) is 6.80. The Morgan fingerprint density at radius 3 is 2.42 bits per heavy atom. The second kappa shape index (κ2) is 11.0. The van der Waals surface area contributed by atoms with Gasteiger partial charge in [-0.3, -0.25) is 0 Å². The van der Waals surface area contributed by atoms with E-state index in [9.17, 15) is 9.59 Å². The molecular formula is C13H26N2O3S. The summed E-state index contributed by atoms with van der Waals surface area (Å²) >= 11 is 1.57. The first-order valence-corrected chi connectivity index (χ1v) is 8.19. The molecule has 2 amide bonds. The Morgan fingerprint density at radius 1 is 1.21 bits per heavy atom. The van der Waals surface area contributed by atoms with Crippen LogP contribution >= 0.6 is 11.8 Å². The average molecular weight is 290 g/mol. The van der Waals surface area contributed by atoms with Gasteiger partial charge in [0, 0.05) is 6.04 Å². The number of aliphatic carboxylic acids is 1. The summed E-state index contributed by atoms with van der Waals surface area (Å²) in [6.45, 7) is 4.07. The van der Waals surface area contributed by atoms with Crippen LogP contribution in [0.5, 0.6) is 0 Å². The van der Waals surface area contributed by atoms with Crippen molar-refractivity contribution in [1.29, 1.82) is 0 Å². The second-order valence-electron chi connectivity index (χ2n) is 4.69. The van der Waals surface area contributed by atoms with E-state index in [1.54, 1.807) is 11.8 Å². The minimum absolute atomic E-state index is 0.0709. The Kier molecular flexibility index (Phi) is 10.4. The number of amides is 2. The van der Waals surface area contributed by atoms with Gasteiger partial charge >= 0.3 is 12.0 Å². The molecule has 0 aromatic carbocycles. The highest BCUT2D eigenvalue weighted by Gasteiger charge is 2.19. The van der Waals surface area contributed by atoms with Crippen molar-refractivity contribution in [3.05, 3.63) is 0 Å². The molecule has 0 aromatic rings. The van der Waals surface area contributed by atoms with E-state index in [1.165, 1.54) is 0 Å². The third kappa shape index (κ3) is 9.64. The lowest BCUT2D eigenvalue weighted by Gasteiger charge is -2.18. The Bertz CT molecular complexity index is 275. The molecule has 0 aliphatic rings. The Morgan fingerprint density at radius 2 is 1.89 bits per heavy atom. The molecule has 2 atom stereocenters. The fourth-order valence-corrected chi connectivity index (χ4v) is 2.16. The summed E-state index contributed by atoms with van der Waals surface area (Å²) < 4.78 is 0. The maximum atomic E-state index is 11.7. The van der Waals surface area contributed by atoms with E-state index in [1.807, 2.05) is 13.2 Å². The molecule has 0 aromatic heterocycles. The first kappa shape index (κ1) is 18.1. The van der Waals surface area contributed by atoms with Crippen LogP contribution in [0.1, 0.15) is 46.0 Å². The highest BCUT2D eigenvalue weighted by molar-refractivity contribution is 7.98. The number of carboxylic acid groups (broad SMARTS) is 1. The molecule has 0 aliphatic heterocycles. The molecule has 0 aliphatic carbocycles. The molecule has 6 heteroatoms. The predicted octanol–water partition coefficient (Wildman–Crippen LogP) is 2.46. The van der Waals surface area contributed by atoms with Gasteiger partial charge in [0.15, 0.2) is 0 Å². The van der Waals surface area contributed by atoms with Crippen molar-refractivity contribution < 1.29 is 14.7 Å². The van der Waals surface area contributed by atoms with Gasteiger partial charge in [-0.25, -0.2) is 9.59 Å². The van der Waals surface area contributed by atoms with E-state index in [4.69, 9.17) is 5.11 Å². The Balaban J connectivity index is 4.00. The van der Waals surface area contributed by atoms with Gasteiger partial charge in [-0.05, 0) is 31.8 Å². The van der Waals surface area contributed by atoms with Gasteiger partial charge in [-0.2, -0.15) is 11.8 Å². The fourth-order valence-electron chi connectivity index (χ4n) is 1.69. The van der Waals surface area contributed by atoms with Crippen molar-refractivity contribution in [2.75, 3.05) is 12.0 Å². The molecule has 19 heavy (non-hydrogen) atoms. The molecule has 0 fully saturated rings. The maximum absolute atomic E-state index is 11.7. The minimum atomic E-state index is -0.983. The van der Waals surface area contributed by atoms with Gasteiger partial charge in [0.25, 0.3) is 0 Å². The van der Waals surface area contributed by atoms with Gasteiger partial charge in [-0.1, -0.05) is 26.2 Å². The number of hydrogen-bond acceptors (Lipinski definition) is 3. The first-order chi connectivity index (χ1) is 9.01. The zero-order valence-corrected chi connectivity index (χ0v) is 12.9. The molecule has 0 rings (SSSR count). The van der Waals surface area contributed by atoms with Crippen LogP contribution in [-0.2, 0) is 4.79 Å². The van der Waals surface area contributed by atoms with E-state index < -0.39 is 18.0 Å². The number of carbonyl (C=O) groups excluding carboxylic acids is 1. The van der Waals surface area contributed by atoms with Crippen molar-refractivity contribution in [1.82, 2.24) is 10.6 Å². The molecule has 5 nitrogen and oxygen atoms in total. The van der Waals surface area contributed by atoms with Crippen LogP contribution in [-0.4, -0.2) is 41.2 Å². The number of nitrogens with one attached hydrogen (secondary N) is 2. The molecule has 0 bridgehead atoms. The quantitative estimate of drug-likeness (QED) is 0.540. The molecular weight excluding hydrogens is 264 g/mol. The monoisotopic (exact) mass is 290 g/mol. The maximum Gasteiger partial charge on any atom is 0.326 e. The Hall–Kier alpha value is -0.910. The predicted molar refractivity (Wildman–Crippen MR) is 79.7 cm³/mol. The summed E-state index contributed by atoms with van der Waals surface area (Å²) in [5.74, 6) is -0.272. The molecule has 0 saturated heterocycles. The molecule has 0 spiro atoms. The average Bonchev–Trinajstić information content (AvgIpc) is 2.34. The van der Waals surface area contributed by atoms with Gasteiger partial charge in [-0.15, -0.1) is 0 Å². The van der Waals surface area contributed by atoms with E-state index in [0.29, 0.717) is 12.2 Å². The Labute approximate surface area is 119 Å². The lowest BCUT2D eigenvalue weighted by Crippen LogP contribution is -2.48. The summed E-state index contributed by atoms with van der Waals surface area (Å²) in [5.41, 5.74) is 0. The summed E-state index contributed by atoms with van der Waals surface area (Å²) in [4.78, 5) is 22.7. The molecule has 3 N–H and O–H groups in total. The normalized spacial score (nSPS) is 13.6. The van der Waals surface area contributed by atoms with Gasteiger partial charge < -0.3 is 15.7 Å². The van der Waals surface area contributed by atoms with Crippen LogP contribution in [0.25, 0.3) is 0 Å². The van der Waals surface area contributed by atoms with Crippen molar-refractivity contribution in [3.8, 4) is 0 Å². The van der Waals surface area contributed by atoms with E-state index >= 15 is 0 Å². The van der Waals surface area contributed by atoms with E-state index in [2.05, 4.69) is 17.6 Å². The van der Waals surface area contributed by atoms with Crippen molar-refractivity contribution in [3.63, 3.8) is 0 Å². The molecule has 1 unspecified atom stereocenters. The highest BCUT2D eigenvalue weighted by atomic mass is 32.2. The van der Waals surface area contributed by atoms with Crippen molar-refractivity contribution in [2.45, 2.75) is 58.0 Å². The van der Waals surface area contributed by atoms with Crippen LogP contribution < -0.4 is 10.6 Å². The summed E-state index contributed by atoms with van der Waals surface area (Å²) in [6, 6.07) is -1.13. The summed E-state index contributed by atoms with van der Waals surface area (Å²) in [5, 5.41) is 14.3. The van der Waals surface area contributed by atoms with Crippen molar-refractivity contribution >= 4 is 23.8 Å². The number of thioether (sulfide) groups is 1. The third-order valence-electron chi connectivity index (χ3n) is 2.83. The number of urea groups is 1. The van der Waals surface area contributed by atoms with E-state index in [0.717, 1.165) is 25.7 Å². The second-order valence-corrected chi connectivity index (χ2v) is 5.67. The molecule has 0 heterocycles. The lowest BCUT2D eigenvalue weighted by molar-refractivity contribution is -0.139. The van der Waals surface area contributed by atoms with Crippen LogP contribution in [0.3, 0.4) is 0 Å². The van der Waals surface area contributed by atoms with Gasteiger partial charge in [0.2, 0.25) is 0 Å². The summed E-state index contributed by atoms with van der Waals surface area (Å²) in [7, 11) is 0. The summed E-state index contributed by atoms with van der Waals surface area (Å²) in [6.07, 6.45) is 6.65. The van der Waals surface area contributed by atoms with Crippen LogP contribution in [0.4, 0.5) is 4.79 Å². The van der Waals surface area contributed by atoms with Crippen molar-refractivity contribution in [2.24, 2.45) is 0 Å². The number of carboxylic acids is 1. The fraction of sp³-hybridized carbons (Fsp3) is 0.846. The number of unbranched alkanes of at least 4 members (excludes halogenated alkanes) is 2. The standard InChI is InChI=1S/C13H26N2O3S/c1-4-5-6-7-10(2)14-13(18)15-11(12(16)17)8-9-19-3/h10-11H,4-9H2,1-3H3,(H,16,17)(H2,14,15,18)/t10?,11-/m0/s1. The zero-order valence-electron chi connectivity index (χ0n) is 12.1. The van der Waals surface area contributed by atoms with Crippen LogP contribution in [0, 0.1) is 0 Å². The molecule has 112 valence electrons. The van der Waals surface area contributed by atoms with E-state index in [-0.39, 0.29) is 6.04 Å².